The zero-order valence-corrected chi connectivity index (χ0v) is 9.78. The monoisotopic (exact) mass is 288 g/mol. The lowest BCUT2D eigenvalue weighted by Crippen LogP contribution is -2.21. The molecule has 3 nitrogen and oxygen atoms in total. The minimum absolute atomic E-state index is 0.226. The molecule has 1 unspecified atom stereocenters. The van der Waals surface area contributed by atoms with Crippen LogP contribution in [0.5, 0.6) is 0 Å². The van der Waals surface area contributed by atoms with E-state index in [2.05, 4.69) is 26.6 Å². The Labute approximate surface area is 99.2 Å². The van der Waals surface area contributed by atoms with Gasteiger partial charge in [-0.25, -0.2) is 4.39 Å². The molecular formula is C9H6BrFN2OS. The Morgan fingerprint density at radius 3 is 2.80 bits per heavy atom. The van der Waals surface area contributed by atoms with Gasteiger partial charge in [0.15, 0.2) is 5.11 Å². The smallest absolute Gasteiger partial charge is 0.253 e. The maximum atomic E-state index is 13.4. The van der Waals surface area contributed by atoms with E-state index in [1.807, 2.05) is 0 Å². The lowest BCUT2D eigenvalue weighted by atomic mass is 10.1. The summed E-state index contributed by atoms with van der Waals surface area (Å²) >= 11 is 7.99. The van der Waals surface area contributed by atoms with E-state index in [1.165, 1.54) is 6.07 Å². The van der Waals surface area contributed by atoms with Crippen LogP contribution in [0.1, 0.15) is 11.6 Å². The van der Waals surface area contributed by atoms with Gasteiger partial charge in [-0.3, -0.25) is 4.79 Å². The summed E-state index contributed by atoms with van der Waals surface area (Å²) in [5, 5.41) is 5.34. The number of thiocarbonyl (C=S) groups is 1. The van der Waals surface area contributed by atoms with Gasteiger partial charge >= 0.3 is 0 Å². The number of hydrogen-bond acceptors (Lipinski definition) is 2. The second-order valence-electron chi connectivity index (χ2n) is 3.06. The predicted molar refractivity (Wildman–Crippen MR) is 60.7 cm³/mol. The van der Waals surface area contributed by atoms with Gasteiger partial charge in [-0.1, -0.05) is 15.9 Å². The Balaban J connectivity index is 2.41. The number of amides is 1. The zero-order chi connectivity index (χ0) is 11.0. The lowest BCUT2D eigenvalue weighted by molar-refractivity contribution is -0.120. The lowest BCUT2D eigenvalue weighted by Gasteiger charge is -2.09. The molecule has 1 saturated heterocycles. The summed E-state index contributed by atoms with van der Waals surface area (Å²) in [5.41, 5.74) is 0.279. The molecule has 2 N–H and O–H groups in total. The summed E-state index contributed by atoms with van der Waals surface area (Å²) < 4.78 is 14.2. The molecule has 1 heterocycles. The molecule has 15 heavy (non-hydrogen) atoms. The molecule has 1 aliphatic rings. The average Bonchev–Trinajstić information content (AvgIpc) is 2.50. The molecule has 1 aromatic carbocycles. The Hall–Kier alpha value is -1.01. The minimum atomic E-state index is -0.741. The van der Waals surface area contributed by atoms with Crippen LogP contribution in [-0.2, 0) is 4.79 Å². The molecule has 1 aliphatic heterocycles. The van der Waals surface area contributed by atoms with E-state index < -0.39 is 11.9 Å². The van der Waals surface area contributed by atoms with Gasteiger partial charge in [0.25, 0.3) is 5.91 Å². The second kappa shape index (κ2) is 3.86. The van der Waals surface area contributed by atoms with E-state index in [9.17, 15) is 9.18 Å². The molecule has 0 aliphatic carbocycles. The standard InChI is InChI=1S/C9H6BrFN2OS/c10-4-1-2-6(11)5(3-4)7-8(14)13-9(15)12-7/h1-3,7H,(H2,12,13,14,15). The van der Waals surface area contributed by atoms with Crippen LogP contribution in [0.15, 0.2) is 22.7 Å². The molecule has 2 rings (SSSR count). The van der Waals surface area contributed by atoms with E-state index in [1.54, 1.807) is 12.1 Å². The molecule has 1 fully saturated rings. The average molecular weight is 289 g/mol. The van der Waals surface area contributed by atoms with Crippen LogP contribution in [-0.4, -0.2) is 11.0 Å². The molecule has 0 spiro atoms. The predicted octanol–water partition coefficient (Wildman–Crippen LogP) is 1.63. The van der Waals surface area contributed by atoms with Crippen LogP contribution in [0.3, 0.4) is 0 Å². The van der Waals surface area contributed by atoms with E-state index >= 15 is 0 Å². The molecule has 1 atom stereocenters. The van der Waals surface area contributed by atoms with Crippen LogP contribution in [0.2, 0.25) is 0 Å². The SMILES string of the molecule is O=C1NC(=S)NC1c1cc(Br)ccc1F. The third kappa shape index (κ3) is 2.00. The fourth-order valence-electron chi connectivity index (χ4n) is 1.37. The number of rotatable bonds is 1. The van der Waals surface area contributed by atoms with E-state index in [-0.39, 0.29) is 16.6 Å². The van der Waals surface area contributed by atoms with Crippen molar-refractivity contribution in [1.29, 1.82) is 0 Å². The molecule has 0 saturated carbocycles. The van der Waals surface area contributed by atoms with Gasteiger partial charge in [0.1, 0.15) is 11.9 Å². The summed E-state index contributed by atoms with van der Waals surface area (Å²) in [5.74, 6) is -0.771. The number of halogens is 2. The summed E-state index contributed by atoms with van der Waals surface area (Å²) in [6.07, 6.45) is 0. The molecule has 0 bridgehead atoms. The van der Waals surface area contributed by atoms with Gasteiger partial charge in [-0.05, 0) is 30.4 Å². The Bertz CT molecular complexity index is 452. The number of benzene rings is 1. The van der Waals surface area contributed by atoms with Gasteiger partial charge in [0, 0.05) is 10.0 Å². The van der Waals surface area contributed by atoms with Crippen molar-refractivity contribution in [3.8, 4) is 0 Å². The Kier molecular flexibility index (Phi) is 2.70. The molecular weight excluding hydrogens is 283 g/mol. The van der Waals surface area contributed by atoms with Gasteiger partial charge < -0.3 is 10.6 Å². The number of carbonyl (C=O) groups excluding carboxylic acids is 1. The van der Waals surface area contributed by atoms with Crippen molar-refractivity contribution >= 4 is 39.2 Å². The zero-order valence-electron chi connectivity index (χ0n) is 7.38. The third-order valence-electron chi connectivity index (χ3n) is 2.04. The van der Waals surface area contributed by atoms with Gasteiger partial charge in [-0.2, -0.15) is 0 Å². The van der Waals surface area contributed by atoms with Crippen molar-refractivity contribution in [2.24, 2.45) is 0 Å². The van der Waals surface area contributed by atoms with Crippen LogP contribution < -0.4 is 10.6 Å². The Morgan fingerprint density at radius 2 is 2.20 bits per heavy atom. The normalized spacial score (nSPS) is 20.0. The van der Waals surface area contributed by atoms with Gasteiger partial charge in [-0.15, -0.1) is 0 Å². The molecule has 78 valence electrons. The largest absolute Gasteiger partial charge is 0.347 e. The number of carbonyl (C=O) groups is 1. The molecule has 1 aromatic rings. The van der Waals surface area contributed by atoms with Crippen molar-refractivity contribution < 1.29 is 9.18 Å². The van der Waals surface area contributed by atoms with Crippen LogP contribution in [0, 0.1) is 5.82 Å². The summed E-state index contributed by atoms with van der Waals surface area (Å²) in [4.78, 5) is 11.4. The molecule has 0 radical (unpaired) electrons. The van der Waals surface area contributed by atoms with Crippen molar-refractivity contribution in [2.75, 3.05) is 0 Å². The second-order valence-corrected chi connectivity index (χ2v) is 4.39. The first-order valence-corrected chi connectivity index (χ1v) is 5.34. The minimum Gasteiger partial charge on any atom is -0.347 e. The highest BCUT2D eigenvalue weighted by molar-refractivity contribution is 9.10. The first kappa shape index (κ1) is 10.5. The fourth-order valence-corrected chi connectivity index (χ4v) is 1.97. The van der Waals surface area contributed by atoms with Gasteiger partial charge in [0.2, 0.25) is 0 Å². The van der Waals surface area contributed by atoms with E-state index in [0.717, 1.165) is 0 Å². The van der Waals surface area contributed by atoms with Crippen LogP contribution in [0.4, 0.5) is 4.39 Å². The first-order valence-electron chi connectivity index (χ1n) is 4.14. The topological polar surface area (TPSA) is 41.1 Å². The maximum absolute atomic E-state index is 13.4. The number of nitrogens with one attached hydrogen (secondary N) is 2. The number of hydrogen-bond donors (Lipinski definition) is 2. The van der Waals surface area contributed by atoms with Crippen LogP contribution >= 0.6 is 28.1 Å². The highest BCUT2D eigenvalue weighted by Gasteiger charge is 2.30. The molecule has 6 heteroatoms. The van der Waals surface area contributed by atoms with Crippen LogP contribution in [0.25, 0.3) is 0 Å². The fraction of sp³-hybridized carbons (Fsp3) is 0.111. The Morgan fingerprint density at radius 1 is 1.47 bits per heavy atom. The first-order chi connectivity index (χ1) is 7.08. The summed E-state index contributed by atoms with van der Waals surface area (Å²) in [6, 6.07) is 3.69. The van der Waals surface area contributed by atoms with Crippen molar-refractivity contribution in [3.63, 3.8) is 0 Å². The quantitative estimate of drug-likeness (QED) is 0.772. The molecule has 0 aromatic heterocycles. The van der Waals surface area contributed by atoms with E-state index in [0.29, 0.717) is 4.47 Å². The highest BCUT2D eigenvalue weighted by Crippen LogP contribution is 2.23. The summed E-state index contributed by atoms with van der Waals surface area (Å²) in [6.45, 7) is 0. The maximum Gasteiger partial charge on any atom is 0.253 e. The van der Waals surface area contributed by atoms with Crippen molar-refractivity contribution in [2.45, 2.75) is 6.04 Å². The van der Waals surface area contributed by atoms with Crippen molar-refractivity contribution in [3.05, 3.63) is 34.1 Å². The molecule has 1 amide bonds. The highest BCUT2D eigenvalue weighted by atomic mass is 79.9. The third-order valence-corrected chi connectivity index (χ3v) is 2.76. The van der Waals surface area contributed by atoms with Gasteiger partial charge in [0.05, 0.1) is 0 Å². The van der Waals surface area contributed by atoms with Crippen molar-refractivity contribution in [1.82, 2.24) is 10.6 Å². The van der Waals surface area contributed by atoms with E-state index in [4.69, 9.17) is 12.2 Å². The summed E-state index contributed by atoms with van der Waals surface area (Å²) in [7, 11) is 0.